The third-order valence-corrected chi connectivity index (χ3v) is 4.06. The van der Waals surface area contributed by atoms with Gasteiger partial charge in [-0.15, -0.1) is 11.3 Å². The highest BCUT2D eigenvalue weighted by Crippen LogP contribution is 2.31. The minimum absolute atomic E-state index is 0.683. The number of benzene rings is 1. The molecule has 0 aliphatic heterocycles. The van der Waals surface area contributed by atoms with Gasteiger partial charge >= 0.3 is 0 Å². The van der Waals surface area contributed by atoms with Crippen LogP contribution in [0.15, 0.2) is 42.6 Å². The second kappa shape index (κ2) is 5.02. The van der Waals surface area contributed by atoms with Crippen LogP contribution in [0.2, 0.25) is 0 Å². The van der Waals surface area contributed by atoms with Gasteiger partial charge in [0.2, 0.25) is 0 Å². The van der Waals surface area contributed by atoms with Crippen LogP contribution in [0.1, 0.15) is 4.88 Å². The molecule has 0 amide bonds. The summed E-state index contributed by atoms with van der Waals surface area (Å²) < 4.78 is 6.94. The Hall–Kier alpha value is -2.27. The van der Waals surface area contributed by atoms with Gasteiger partial charge in [0.25, 0.3) is 0 Å². The lowest BCUT2D eigenvalue weighted by Gasteiger charge is -2.02. The van der Waals surface area contributed by atoms with Crippen molar-refractivity contribution in [1.29, 1.82) is 0 Å². The Balaban J connectivity index is 1.99. The van der Waals surface area contributed by atoms with Crippen molar-refractivity contribution in [1.82, 2.24) is 9.78 Å². The first kappa shape index (κ1) is 12.7. The third kappa shape index (κ3) is 2.28. The summed E-state index contributed by atoms with van der Waals surface area (Å²) in [5, 5.41) is 4.58. The summed E-state index contributed by atoms with van der Waals surface area (Å²) in [5.74, 6) is 0.822. The van der Waals surface area contributed by atoms with Crippen LogP contribution >= 0.6 is 11.3 Å². The molecule has 3 aromatic rings. The van der Waals surface area contributed by atoms with Crippen LogP contribution in [-0.4, -0.2) is 16.9 Å². The quantitative estimate of drug-likeness (QED) is 0.801. The van der Waals surface area contributed by atoms with Gasteiger partial charge in [-0.1, -0.05) is 0 Å². The number of aromatic nitrogens is 2. The van der Waals surface area contributed by atoms with Crippen molar-refractivity contribution < 1.29 is 4.74 Å². The topological polar surface area (TPSA) is 53.1 Å². The normalized spacial score (nSPS) is 10.7. The number of nitrogens with two attached hydrogens (primary N) is 1. The Kier molecular flexibility index (Phi) is 3.20. The maximum atomic E-state index is 6.07. The van der Waals surface area contributed by atoms with Crippen LogP contribution in [0.3, 0.4) is 0 Å². The highest BCUT2D eigenvalue weighted by Gasteiger charge is 2.11. The van der Waals surface area contributed by atoms with Gasteiger partial charge in [-0.3, -0.25) is 0 Å². The molecule has 0 bridgehead atoms. The fraction of sp³-hybridized carbons (Fsp3) is 0.133. The first-order valence-electron chi connectivity index (χ1n) is 6.24. The summed E-state index contributed by atoms with van der Waals surface area (Å²) in [5.41, 5.74) is 8.55. The van der Waals surface area contributed by atoms with Gasteiger partial charge in [0.05, 0.1) is 29.6 Å². The van der Waals surface area contributed by atoms with E-state index < -0.39 is 0 Å². The van der Waals surface area contributed by atoms with E-state index in [1.54, 1.807) is 23.1 Å². The van der Waals surface area contributed by atoms with E-state index in [-0.39, 0.29) is 0 Å². The van der Waals surface area contributed by atoms with Crippen molar-refractivity contribution in [3.05, 3.63) is 47.5 Å². The molecule has 0 spiro atoms. The fourth-order valence-corrected chi connectivity index (χ4v) is 2.88. The molecule has 0 radical (unpaired) electrons. The molecular formula is C15H15N3OS. The van der Waals surface area contributed by atoms with Gasteiger partial charge in [-0.25, -0.2) is 4.68 Å². The molecule has 1 aromatic carbocycles. The molecule has 4 nitrogen and oxygen atoms in total. The van der Waals surface area contributed by atoms with E-state index in [2.05, 4.69) is 24.2 Å². The molecule has 102 valence electrons. The lowest BCUT2D eigenvalue weighted by atomic mass is 10.3. The van der Waals surface area contributed by atoms with Crippen LogP contribution in [0.25, 0.3) is 16.3 Å². The lowest BCUT2D eigenvalue weighted by Crippen LogP contribution is -1.94. The summed E-state index contributed by atoms with van der Waals surface area (Å²) in [6.07, 6.45) is 1.84. The Morgan fingerprint density at radius 2 is 1.90 bits per heavy atom. The van der Waals surface area contributed by atoms with Crippen molar-refractivity contribution in [2.45, 2.75) is 6.92 Å². The highest BCUT2D eigenvalue weighted by atomic mass is 32.1. The second-order valence-corrected chi connectivity index (χ2v) is 5.77. The molecule has 2 N–H and O–H groups in total. The van der Waals surface area contributed by atoms with Crippen molar-refractivity contribution >= 4 is 17.0 Å². The number of methoxy groups -OCH3 is 1. The largest absolute Gasteiger partial charge is 0.497 e. The van der Waals surface area contributed by atoms with E-state index in [4.69, 9.17) is 10.5 Å². The number of thiophene rings is 1. The maximum Gasteiger partial charge on any atom is 0.126 e. The number of hydrogen-bond donors (Lipinski definition) is 1. The molecule has 0 aliphatic rings. The average molecular weight is 285 g/mol. The van der Waals surface area contributed by atoms with Gasteiger partial charge in [0, 0.05) is 4.88 Å². The van der Waals surface area contributed by atoms with E-state index in [9.17, 15) is 0 Å². The molecule has 2 aromatic heterocycles. The lowest BCUT2D eigenvalue weighted by molar-refractivity contribution is 0.414. The minimum Gasteiger partial charge on any atom is -0.497 e. The molecule has 3 rings (SSSR count). The molecular weight excluding hydrogens is 270 g/mol. The monoisotopic (exact) mass is 285 g/mol. The van der Waals surface area contributed by atoms with Crippen LogP contribution in [0.5, 0.6) is 5.75 Å². The second-order valence-electron chi connectivity index (χ2n) is 4.49. The number of aryl methyl sites for hydroxylation is 1. The Labute approximate surface area is 121 Å². The van der Waals surface area contributed by atoms with Crippen LogP contribution in [0.4, 0.5) is 5.69 Å². The van der Waals surface area contributed by atoms with E-state index in [0.717, 1.165) is 22.0 Å². The summed E-state index contributed by atoms with van der Waals surface area (Å²) in [4.78, 5) is 2.34. The molecule has 0 saturated heterocycles. The summed E-state index contributed by atoms with van der Waals surface area (Å²) in [6, 6.07) is 11.8. The van der Waals surface area contributed by atoms with Crippen molar-refractivity contribution in [2.75, 3.05) is 12.8 Å². The zero-order valence-corrected chi connectivity index (χ0v) is 12.1. The predicted molar refractivity (Wildman–Crippen MR) is 82.6 cm³/mol. The zero-order chi connectivity index (χ0) is 14.1. The molecule has 2 heterocycles. The van der Waals surface area contributed by atoms with E-state index in [1.807, 2.05) is 30.5 Å². The van der Waals surface area contributed by atoms with Crippen LogP contribution < -0.4 is 10.5 Å². The smallest absolute Gasteiger partial charge is 0.126 e. The van der Waals surface area contributed by atoms with Crippen LogP contribution in [0, 0.1) is 6.92 Å². The Morgan fingerprint density at radius 1 is 1.15 bits per heavy atom. The number of nitrogens with zero attached hydrogens (tertiary/aromatic N) is 2. The molecule has 20 heavy (non-hydrogen) atoms. The Bertz CT molecular complexity index is 728. The number of anilines is 1. The molecule has 0 atom stereocenters. The zero-order valence-electron chi connectivity index (χ0n) is 11.3. The standard InChI is InChI=1S/C15H15N3OS/c1-10-3-8-14(20-10)15-13(16)9-18(17-15)11-4-6-12(19-2)7-5-11/h3-9H,16H2,1-2H3. The van der Waals surface area contributed by atoms with E-state index >= 15 is 0 Å². The Morgan fingerprint density at radius 3 is 2.50 bits per heavy atom. The predicted octanol–water partition coefficient (Wildman–Crippen LogP) is 3.50. The number of nitrogen functional groups attached to an aromatic ring is 1. The molecule has 0 aliphatic carbocycles. The third-order valence-electron chi connectivity index (χ3n) is 3.05. The van der Waals surface area contributed by atoms with Gasteiger partial charge in [-0.2, -0.15) is 5.10 Å². The van der Waals surface area contributed by atoms with Gasteiger partial charge in [0.15, 0.2) is 0 Å². The van der Waals surface area contributed by atoms with Crippen molar-refractivity contribution in [3.8, 4) is 22.0 Å². The minimum atomic E-state index is 0.683. The van der Waals surface area contributed by atoms with E-state index in [0.29, 0.717) is 5.69 Å². The molecule has 0 unspecified atom stereocenters. The fourth-order valence-electron chi connectivity index (χ4n) is 2.01. The van der Waals surface area contributed by atoms with Crippen molar-refractivity contribution in [2.24, 2.45) is 0 Å². The number of ether oxygens (including phenoxy) is 1. The average Bonchev–Trinajstić information content (AvgIpc) is 3.05. The molecule has 5 heteroatoms. The number of rotatable bonds is 3. The SMILES string of the molecule is COc1ccc(-n2cc(N)c(-c3ccc(C)s3)n2)cc1. The van der Waals surface area contributed by atoms with Crippen LogP contribution in [-0.2, 0) is 0 Å². The number of hydrogen-bond acceptors (Lipinski definition) is 4. The summed E-state index contributed by atoms with van der Waals surface area (Å²) in [7, 11) is 1.65. The van der Waals surface area contributed by atoms with Gasteiger partial charge < -0.3 is 10.5 Å². The van der Waals surface area contributed by atoms with E-state index in [1.165, 1.54) is 4.88 Å². The molecule has 0 saturated carbocycles. The van der Waals surface area contributed by atoms with Gasteiger partial charge in [0.1, 0.15) is 11.4 Å². The maximum absolute atomic E-state index is 6.07. The highest BCUT2D eigenvalue weighted by molar-refractivity contribution is 7.15. The van der Waals surface area contributed by atoms with Gasteiger partial charge in [-0.05, 0) is 43.3 Å². The molecule has 0 fully saturated rings. The first-order chi connectivity index (χ1) is 9.67. The van der Waals surface area contributed by atoms with Crippen molar-refractivity contribution in [3.63, 3.8) is 0 Å². The summed E-state index contributed by atoms with van der Waals surface area (Å²) in [6.45, 7) is 2.07. The first-order valence-corrected chi connectivity index (χ1v) is 7.05. The summed E-state index contributed by atoms with van der Waals surface area (Å²) >= 11 is 1.69.